The number of hydrogen-bond donors (Lipinski definition) is 1. The van der Waals surface area contributed by atoms with Gasteiger partial charge in [0.15, 0.2) is 0 Å². The van der Waals surface area contributed by atoms with E-state index in [4.69, 9.17) is 21.3 Å². The van der Waals surface area contributed by atoms with Gasteiger partial charge in [-0.2, -0.15) is 0 Å². The Kier molecular flexibility index (Phi) is 7.30. The number of para-hydroxylation sites is 2. The largest absolute Gasteiger partial charge is 0.494 e. The first kappa shape index (κ1) is 22.9. The van der Waals surface area contributed by atoms with Crippen LogP contribution in [-0.2, 0) is 13.0 Å². The first-order valence-electron chi connectivity index (χ1n) is 11.2. The Balaban J connectivity index is 1.37. The summed E-state index contributed by atoms with van der Waals surface area (Å²) in [5, 5.41) is 3.59. The van der Waals surface area contributed by atoms with Crippen molar-refractivity contribution in [2.24, 2.45) is 0 Å². The van der Waals surface area contributed by atoms with Crippen LogP contribution in [0.5, 0.6) is 5.75 Å². The molecule has 0 aliphatic heterocycles. The molecule has 4 rings (SSSR count). The summed E-state index contributed by atoms with van der Waals surface area (Å²) >= 11 is 5.91. The van der Waals surface area contributed by atoms with Crippen molar-refractivity contribution in [3.05, 3.63) is 94.3 Å². The third-order valence-electron chi connectivity index (χ3n) is 5.46. The van der Waals surface area contributed by atoms with Gasteiger partial charge in [-0.25, -0.2) is 4.98 Å². The monoisotopic (exact) mass is 461 g/mol. The fourth-order valence-electron chi connectivity index (χ4n) is 3.99. The van der Waals surface area contributed by atoms with Crippen LogP contribution in [0.4, 0.5) is 0 Å². The zero-order chi connectivity index (χ0) is 23.2. The number of amides is 1. The van der Waals surface area contributed by atoms with Gasteiger partial charge in [0.1, 0.15) is 11.6 Å². The summed E-state index contributed by atoms with van der Waals surface area (Å²) in [4.78, 5) is 17.2. The van der Waals surface area contributed by atoms with Gasteiger partial charge in [-0.15, -0.1) is 0 Å². The molecule has 0 atom stereocenters. The lowest BCUT2D eigenvalue weighted by molar-refractivity contribution is 0.0954. The molecule has 3 aromatic carbocycles. The highest BCUT2D eigenvalue weighted by Crippen LogP contribution is 2.19. The Morgan fingerprint density at radius 3 is 2.52 bits per heavy atom. The first-order valence-corrected chi connectivity index (χ1v) is 11.6. The number of carbonyl (C=O) groups excluding carboxylic acids is 1. The average Bonchev–Trinajstić information content (AvgIpc) is 3.14. The molecule has 0 saturated heterocycles. The number of fused-ring (bicyclic) bond motifs is 1. The lowest BCUT2D eigenvalue weighted by Gasteiger charge is -2.12. The Bertz CT molecular complexity index is 1230. The molecule has 1 heterocycles. The first-order chi connectivity index (χ1) is 16.0. The van der Waals surface area contributed by atoms with Crippen molar-refractivity contribution in [2.45, 2.75) is 33.2 Å². The summed E-state index contributed by atoms with van der Waals surface area (Å²) in [5.74, 6) is 1.75. The Morgan fingerprint density at radius 1 is 1.03 bits per heavy atom. The number of carbonyl (C=O) groups is 1. The standard InChI is InChI=1S/C27H28ClN3O2/c1-19-16-20(2)18-23(17-19)33-15-5-14-31-25-7-4-3-6-24(25)30-26(31)12-13-29-27(32)21-8-10-22(28)11-9-21/h3-4,6-11,16-18H,5,12-15H2,1-2H3,(H,29,32). The number of aromatic nitrogens is 2. The predicted molar refractivity (Wildman–Crippen MR) is 133 cm³/mol. The van der Waals surface area contributed by atoms with Gasteiger partial charge in [0, 0.05) is 30.1 Å². The second kappa shape index (κ2) is 10.5. The van der Waals surface area contributed by atoms with Crippen molar-refractivity contribution >= 4 is 28.5 Å². The second-order valence-corrected chi connectivity index (χ2v) is 8.64. The van der Waals surface area contributed by atoms with Crippen LogP contribution in [0.3, 0.4) is 0 Å². The lowest BCUT2D eigenvalue weighted by atomic mass is 10.1. The highest BCUT2D eigenvalue weighted by atomic mass is 35.5. The van der Waals surface area contributed by atoms with E-state index in [0.29, 0.717) is 30.2 Å². The molecule has 0 radical (unpaired) electrons. The zero-order valence-electron chi connectivity index (χ0n) is 19.0. The predicted octanol–water partition coefficient (Wildman–Crippen LogP) is 5.75. The topological polar surface area (TPSA) is 56.1 Å². The second-order valence-electron chi connectivity index (χ2n) is 8.21. The van der Waals surface area contributed by atoms with Gasteiger partial charge in [-0.3, -0.25) is 4.79 Å². The van der Waals surface area contributed by atoms with Gasteiger partial charge in [0.2, 0.25) is 0 Å². The third kappa shape index (κ3) is 5.93. The maximum Gasteiger partial charge on any atom is 0.251 e. The molecule has 6 heteroatoms. The van der Waals surface area contributed by atoms with E-state index in [2.05, 4.69) is 48.0 Å². The molecule has 1 aromatic heterocycles. The van der Waals surface area contributed by atoms with Crippen molar-refractivity contribution in [3.63, 3.8) is 0 Å². The number of nitrogens with one attached hydrogen (secondary N) is 1. The van der Waals surface area contributed by atoms with E-state index < -0.39 is 0 Å². The van der Waals surface area contributed by atoms with E-state index in [1.807, 2.05) is 18.2 Å². The van der Waals surface area contributed by atoms with E-state index >= 15 is 0 Å². The van der Waals surface area contributed by atoms with Crippen molar-refractivity contribution in [1.82, 2.24) is 14.9 Å². The maximum absolute atomic E-state index is 12.4. The number of hydrogen-bond acceptors (Lipinski definition) is 3. The van der Waals surface area contributed by atoms with Gasteiger partial charge in [-0.1, -0.05) is 29.8 Å². The molecule has 0 saturated carbocycles. The van der Waals surface area contributed by atoms with Gasteiger partial charge >= 0.3 is 0 Å². The number of benzene rings is 3. The Morgan fingerprint density at radius 2 is 1.76 bits per heavy atom. The van der Waals surface area contributed by atoms with E-state index in [1.54, 1.807) is 24.3 Å². The van der Waals surface area contributed by atoms with Gasteiger partial charge in [0.05, 0.1) is 17.6 Å². The quantitative estimate of drug-likeness (QED) is 0.323. The molecule has 5 nitrogen and oxygen atoms in total. The van der Waals surface area contributed by atoms with Crippen molar-refractivity contribution in [3.8, 4) is 5.75 Å². The summed E-state index contributed by atoms with van der Waals surface area (Å²) in [6, 6.07) is 21.3. The molecule has 33 heavy (non-hydrogen) atoms. The van der Waals surface area contributed by atoms with Crippen LogP contribution in [0, 0.1) is 13.8 Å². The molecule has 0 aliphatic carbocycles. The molecule has 0 bridgehead atoms. The molecule has 1 amide bonds. The maximum atomic E-state index is 12.4. The zero-order valence-corrected chi connectivity index (χ0v) is 19.7. The average molecular weight is 462 g/mol. The van der Waals surface area contributed by atoms with Crippen LogP contribution in [0.2, 0.25) is 5.02 Å². The van der Waals surface area contributed by atoms with E-state index in [0.717, 1.165) is 35.6 Å². The van der Waals surface area contributed by atoms with Crippen LogP contribution in [0.15, 0.2) is 66.7 Å². The van der Waals surface area contributed by atoms with Crippen LogP contribution >= 0.6 is 11.6 Å². The van der Waals surface area contributed by atoms with Crippen LogP contribution in [0.25, 0.3) is 11.0 Å². The molecule has 0 fully saturated rings. The molecular formula is C27H28ClN3O2. The van der Waals surface area contributed by atoms with Gasteiger partial charge in [0.25, 0.3) is 5.91 Å². The van der Waals surface area contributed by atoms with E-state index in [-0.39, 0.29) is 5.91 Å². The van der Waals surface area contributed by atoms with Gasteiger partial charge in [-0.05, 0) is 79.9 Å². The minimum absolute atomic E-state index is 0.115. The molecular weight excluding hydrogens is 434 g/mol. The number of nitrogens with zero attached hydrogens (tertiary/aromatic N) is 2. The molecule has 1 N–H and O–H groups in total. The molecule has 0 spiro atoms. The van der Waals surface area contributed by atoms with Crippen molar-refractivity contribution in [1.29, 1.82) is 0 Å². The molecule has 170 valence electrons. The SMILES string of the molecule is Cc1cc(C)cc(OCCCn2c(CCNC(=O)c3ccc(Cl)cc3)nc3ccccc32)c1. The third-order valence-corrected chi connectivity index (χ3v) is 5.72. The minimum atomic E-state index is -0.115. The highest BCUT2D eigenvalue weighted by Gasteiger charge is 2.11. The van der Waals surface area contributed by atoms with Crippen molar-refractivity contribution in [2.75, 3.05) is 13.2 Å². The minimum Gasteiger partial charge on any atom is -0.494 e. The lowest BCUT2D eigenvalue weighted by Crippen LogP contribution is -2.26. The summed E-state index contributed by atoms with van der Waals surface area (Å²) in [6.45, 7) is 6.09. The summed E-state index contributed by atoms with van der Waals surface area (Å²) in [6.07, 6.45) is 1.50. The Labute approximate surface area is 199 Å². The molecule has 0 unspecified atom stereocenters. The van der Waals surface area contributed by atoms with E-state index in [9.17, 15) is 4.79 Å². The number of aryl methyl sites for hydroxylation is 3. The van der Waals surface area contributed by atoms with Crippen LogP contribution in [-0.4, -0.2) is 28.6 Å². The Hall–Kier alpha value is -3.31. The van der Waals surface area contributed by atoms with E-state index in [1.165, 1.54) is 11.1 Å². The summed E-state index contributed by atoms with van der Waals surface area (Å²) in [7, 11) is 0. The van der Waals surface area contributed by atoms with Gasteiger partial charge < -0.3 is 14.6 Å². The molecule has 0 aliphatic rings. The normalized spacial score (nSPS) is 11.0. The van der Waals surface area contributed by atoms with Crippen LogP contribution < -0.4 is 10.1 Å². The van der Waals surface area contributed by atoms with Crippen molar-refractivity contribution < 1.29 is 9.53 Å². The number of ether oxygens (including phenoxy) is 1. The summed E-state index contributed by atoms with van der Waals surface area (Å²) in [5.41, 5.74) is 5.06. The van der Waals surface area contributed by atoms with Crippen LogP contribution in [0.1, 0.15) is 33.7 Å². The highest BCUT2D eigenvalue weighted by molar-refractivity contribution is 6.30. The number of imidazole rings is 1. The summed E-state index contributed by atoms with van der Waals surface area (Å²) < 4.78 is 8.22. The molecule has 4 aromatic rings. The number of halogens is 1. The smallest absolute Gasteiger partial charge is 0.251 e. The fourth-order valence-corrected chi connectivity index (χ4v) is 4.11. The number of rotatable bonds is 9. The fraction of sp³-hybridized carbons (Fsp3) is 0.259.